The number of carbonyl (C=O) groups excluding carboxylic acids is 2. The van der Waals surface area contributed by atoms with Crippen molar-refractivity contribution in [2.75, 3.05) is 25.6 Å². The Morgan fingerprint density at radius 2 is 1.84 bits per heavy atom. The molecule has 0 spiro atoms. The van der Waals surface area contributed by atoms with Crippen LogP contribution in [0.1, 0.15) is 43.1 Å². The van der Waals surface area contributed by atoms with E-state index in [1.807, 2.05) is 6.07 Å². The number of ether oxygens (including phenoxy) is 3. The van der Waals surface area contributed by atoms with E-state index in [4.69, 9.17) is 14.2 Å². The van der Waals surface area contributed by atoms with E-state index in [1.54, 1.807) is 49.4 Å². The van der Waals surface area contributed by atoms with Crippen LogP contribution in [-0.2, 0) is 9.53 Å². The lowest BCUT2D eigenvalue weighted by molar-refractivity contribution is -0.112. The molecule has 0 fully saturated rings. The molecule has 0 unspecified atom stereocenters. The summed E-state index contributed by atoms with van der Waals surface area (Å²) in [4.78, 5) is 24.3. The molecule has 0 saturated heterocycles. The molecular formula is C25H28N2O5. The number of nitrogens with one attached hydrogen (secondary N) is 1. The summed E-state index contributed by atoms with van der Waals surface area (Å²) in [5, 5.41) is 12.1. The Balaban J connectivity index is 2.12. The number of methoxy groups -OCH3 is 1. The average Bonchev–Trinajstić information content (AvgIpc) is 2.78. The van der Waals surface area contributed by atoms with Crippen LogP contribution in [0.15, 0.2) is 48.0 Å². The summed E-state index contributed by atoms with van der Waals surface area (Å²) in [7, 11) is 1.54. The Bertz CT molecular complexity index is 1000. The molecule has 0 saturated carbocycles. The predicted molar refractivity (Wildman–Crippen MR) is 123 cm³/mol. The fourth-order valence-electron chi connectivity index (χ4n) is 2.72. The van der Waals surface area contributed by atoms with Crippen molar-refractivity contribution >= 4 is 23.6 Å². The zero-order chi connectivity index (χ0) is 23.5. The molecule has 1 amide bonds. The second-order valence-electron chi connectivity index (χ2n) is 7.36. The lowest BCUT2D eigenvalue weighted by Gasteiger charge is -2.12. The Morgan fingerprint density at radius 1 is 1.12 bits per heavy atom. The van der Waals surface area contributed by atoms with E-state index in [9.17, 15) is 14.9 Å². The molecular weight excluding hydrogens is 408 g/mol. The van der Waals surface area contributed by atoms with Crippen LogP contribution in [0.3, 0.4) is 0 Å². The fraction of sp³-hybridized carbons (Fsp3) is 0.320. The van der Waals surface area contributed by atoms with Crippen molar-refractivity contribution in [1.82, 2.24) is 0 Å². The fourth-order valence-corrected chi connectivity index (χ4v) is 2.72. The summed E-state index contributed by atoms with van der Waals surface area (Å²) in [6.07, 6.45) is 2.40. The minimum absolute atomic E-state index is 0.0741. The number of nitriles is 1. The van der Waals surface area contributed by atoms with Gasteiger partial charge in [-0.25, -0.2) is 4.79 Å². The van der Waals surface area contributed by atoms with Gasteiger partial charge < -0.3 is 19.5 Å². The maximum atomic E-state index is 12.5. The first-order valence-corrected chi connectivity index (χ1v) is 10.4. The van der Waals surface area contributed by atoms with Gasteiger partial charge in [0.15, 0.2) is 11.5 Å². The summed E-state index contributed by atoms with van der Waals surface area (Å²) in [6, 6.07) is 13.4. The third-order valence-electron chi connectivity index (χ3n) is 4.47. The highest BCUT2D eigenvalue weighted by molar-refractivity contribution is 6.09. The second-order valence-corrected chi connectivity index (χ2v) is 7.36. The Labute approximate surface area is 188 Å². The van der Waals surface area contributed by atoms with Crippen LogP contribution in [0.25, 0.3) is 6.08 Å². The molecule has 0 bridgehead atoms. The summed E-state index contributed by atoms with van der Waals surface area (Å²) < 4.78 is 16.1. The molecule has 168 valence electrons. The van der Waals surface area contributed by atoms with Gasteiger partial charge in [-0.1, -0.05) is 19.9 Å². The van der Waals surface area contributed by atoms with Crippen LogP contribution < -0.4 is 14.8 Å². The standard InChI is InChI=1S/C25H28N2O5/c1-5-31-25(29)19-7-9-21(10-8-19)27-24(28)20(16-26)14-18-6-11-22(23(15-18)30-4)32-13-12-17(2)3/h6-11,14-15,17H,5,12-13H2,1-4H3,(H,27,28)/b20-14+. The maximum Gasteiger partial charge on any atom is 0.338 e. The van der Waals surface area contributed by atoms with Crippen LogP contribution in [0.4, 0.5) is 5.69 Å². The van der Waals surface area contributed by atoms with Gasteiger partial charge >= 0.3 is 5.97 Å². The largest absolute Gasteiger partial charge is 0.493 e. The highest BCUT2D eigenvalue weighted by atomic mass is 16.5. The SMILES string of the molecule is CCOC(=O)c1ccc(NC(=O)/C(C#N)=C/c2ccc(OCCC(C)C)c(OC)c2)cc1. The van der Waals surface area contributed by atoms with Gasteiger partial charge in [0.1, 0.15) is 11.6 Å². The number of anilines is 1. The summed E-state index contributed by atoms with van der Waals surface area (Å²) >= 11 is 0. The minimum atomic E-state index is -0.562. The average molecular weight is 437 g/mol. The smallest absolute Gasteiger partial charge is 0.338 e. The van der Waals surface area contributed by atoms with Crippen molar-refractivity contribution in [2.45, 2.75) is 27.2 Å². The third-order valence-corrected chi connectivity index (χ3v) is 4.47. The van der Waals surface area contributed by atoms with E-state index in [0.717, 1.165) is 6.42 Å². The van der Waals surface area contributed by atoms with Gasteiger partial charge in [0.05, 0.1) is 25.9 Å². The van der Waals surface area contributed by atoms with Crippen LogP contribution in [0, 0.1) is 17.2 Å². The van der Waals surface area contributed by atoms with Crippen molar-refractivity contribution in [3.8, 4) is 17.6 Å². The molecule has 0 aliphatic heterocycles. The molecule has 0 aliphatic carbocycles. The minimum Gasteiger partial charge on any atom is -0.493 e. The lowest BCUT2D eigenvalue weighted by Crippen LogP contribution is -2.13. The van der Waals surface area contributed by atoms with Crippen molar-refractivity contribution < 1.29 is 23.8 Å². The normalized spacial score (nSPS) is 10.9. The Kier molecular flexibility index (Phi) is 9.30. The maximum absolute atomic E-state index is 12.5. The van der Waals surface area contributed by atoms with Gasteiger partial charge in [0.25, 0.3) is 5.91 Å². The third kappa shape index (κ3) is 7.17. The number of esters is 1. The van der Waals surface area contributed by atoms with E-state index >= 15 is 0 Å². The molecule has 0 heterocycles. The van der Waals surface area contributed by atoms with Crippen LogP contribution in [-0.4, -0.2) is 32.2 Å². The number of nitrogens with zero attached hydrogens (tertiary/aromatic N) is 1. The molecule has 0 radical (unpaired) electrons. The molecule has 0 atom stereocenters. The Hall–Kier alpha value is -3.79. The lowest BCUT2D eigenvalue weighted by atomic mass is 10.1. The van der Waals surface area contributed by atoms with Gasteiger partial charge in [0.2, 0.25) is 0 Å². The number of benzene rings is 2. The van der Waals surface area contributed by atoms with Crippen molar-refractivity contribution in [3.63, 3.8) is 0 Å². The highest BCUT2D eigenvalue weighted by Gasteiger charge is 2.12. The summed E-state index contributed by atoms with van der Waals surface area (Å²) in [5.41, 5.74) is 1.39. The Morgan fingerprint density at radius 3 is 2.44 bits per heavy atom. The van der Waals surface area contributed by atoms with E-state index in [1.165, 1.54) is 13.2 Å². The van der Waals surface area contributed by atoms with Crippen molar-refractivity contribution in [2.24, 2.45) is 5.92 Å². The number of hydrogen-bond donors (Lipinski definition) is 1. The molecule has 7 nitrogen and oxygen atoms in total. The number of carbonyl (C=O) groups is 2. The van der Waals surface area contributed by atoms with Gasteiger partial charge in [-0.2, -0.15) is 5.26 Å². The van der Waals surface area contributed by atoms with Gasteiger partial charge in [-0.15, -0.1) is 0 Å². The molecule has 0 aromatic heterocycles. The molecule has 2 aromatic carbocycles. The molecule has 2 rings (SSSR count). The number of hydrogen-bond acceptors (Lipinski definition) is 6. The first-order valence-electron chi connectivity index (χ1n) is 10.4. The van der Waals surface area contributed by atoms with Gasteiger partial charge in [-0.3, -0.25) is 4.79 Å². The highest BCUT2D eigenvalue weighted by Crippen LogP contribution is 2.29. The monoisotopic (exact) mass is 436 g/mol. The van der Waals surface area contributed by atoms with Gasteiger partial charge in [-0.05, 0) is 67.3 Å². The molecule has 1 N–H and O–H groups in total. The predicted octanol–water partition coefficient (Wildman–Crippen LogP) is 4.84. The first-order chi connectivity index (χ1) is 15.4. The van der Waals surface area contributed by atoms with Crippen LogP contribution in [0.5, 0.6) is 11.5 Å². The molecule has 7 heteroatoms. The van der Waals surface area contributed by atoms with E-state index < -0.39 is 11.9 Å². The molecule has 32 heavy (non-hydrogen) atoms. The van der Waals surface area contributed by atoms with E-state index in [2.05, 4.69) is 19.2 Å². The number of amides is 1. The van der Waals surface area contributed by atoms with E-state index in [-0.39, 0.29) is 12.2 Å². The summed E-state index contributed by atoms with van der Waals surface area (Å²) in [6.45, 7) is 6.83. The zero-order valence-electron chi connectivity index (χ0n) is 18.8. The quantitative estimate of drug-likeness (QED) is 0.325. The van der Waals surface area contributed by atoms with Crippen molar-refractivity contribution in [1.29, 1.82) is 5.26 Å². The van der Waals surface area contributed by atoms with Crippen LogP contribution >= 0.6 is 0 Å². The zero-order valence-corrected chi connectivity index (χ0v) is 18.8. The number of rotatable bonds is 10. The topological polar surface area (TPSA) is 97.7 Å². The first kappa shape index (κ1) is 24.5. The van der Waals surface area contributed by atoms with E-state index in [0.29, 0.717) is 40.8 Å². The molecule has 0 aliphatic rings. The molecule has 2 aromatic rings. The van der Waals surface area contributed by atoms with Crippen LogP contribution in [0.2, 0.25) is 0 Å². The summed E-state index contributed by atoms with van der Waals surface area (Å²) in [5.74, 6) is 0.659. The second kappa shape index (κ2) is 12.2. The van der Waals surface area contributed by atoms with Crippen molar-refractivity contribution in [3.05, 3.63) is 59.2 Å². The van der Waals surface area contributed by atoms with Gasteiger partial charge in [0, 0.05) is 5.69 Å².